The molecule has 2 rings (SSSR count). The molecule has 0 atom stereocenters. The average Bonchev–Trinajstić information content (AvgIpc) is 3.02. The fourth-order valence-corrected chi connectivity index (χ4v) is 3.43. The van der Waals surface area contributed by atoms with Crippen LogP contribution < -0.4 is 5.32 Å². The van der Waals surface area contributed by atoms with Crippen LogP contribution in [-0.2, 0) is 4.74 Å². The highest BCUT2D eigenvalue weighted by molar-refractivity contribution is 5.99. The third-order valence-corrected chi connectivity index (χ3v) is 4.93. The highest BCUT2D eigenvalue weighted by Gasteiger charge is 2.34. The van der Waals surface area contributed by atoms with Crippen LogP contribution in [0.2, 0.25) is 0 Å². The number of carbonyl (C=O) groups excluding carboxylic acids is 1. The number of hydrogen-bond donors (Lipinski definition) is 1. The van der Waals surface area contributed by atoms with E-state index in [0.29, 0.717) is 13.2 Å². The van der Waals surface area contributed by atoms with E-state index in [9.17, 15) is 19.3 Å². The zero-order chi connectivity index (χ0) is 17.7. The Morgan fingerprint density at radius 2 is 2.08 bits per heavy atom. The molecule has 0 bridgehead atoms. The molecule has 0 aromatic heterocycles. The molecule has 0 saturated heterocycles. The monoisotopic (exact) mass is 338 g/mol. The van der Waals surface area contributed by atoms with Gasteiger partial charge in [0.1, 0.15) is 11.4 Å². The van der Waals surface area contributed by atoms with Gasteiger partial charge in [0.2, 0.25) is 0 Å². The van der Waals surface area contributed by atoms with Crippen molar-refractivity contribution >= 4 is 11.6 Å². The summed E-state index contributed by atoms with van der Waals surface area (Å²) in [6.07, 6.45) is 4.99. The van der Waals surface area contributed by atoms with E-state index in [4.69, 9.17) is 4.74 Å². The molecule has 1 amide bonds. The molecule has 7 heteroatoms. The molecule has 1 aromatic carbocycles. The number of methoxy groups -OCH3 is 1. The third kappa shape index (κ3) is 3.90. The zero-order valence-electron chi connectivity index (χ0n) is 14.1. The molecule has 132 valence electrons. The lowest BCUT2D eigenvalue weighted by Gasteiger charge is -2.29. The van der Waals surface area contributed by atoms with Crippen molar-refractivity contribution in [2.45, 2.75) is 39.0 Å². The van der Waals surface area contributed by atoms with Crippen molar-refractivity contribution < 1.29 is 18.8 Å². The maximum atomic E-state index is 13.7. The second-order valence-electron chi connectivity index (χ2n) is 6.46. The van der Waals surface area contributed by atoms with Gasteiger partial charge in [0.25, 0.3) is 11.6 Å². The molecule has 0 spiro atoms. The lowest BCUT2D eigenvalue weighted by atomic mass is 9.83. The summed E-state index contributed by atoms with van der Waals surface area (Å²) >= 11 is 0. The number of carbonyl (C=O) groups is 1. The number of ether oxygens (including phenoxy) is 1. The first kappa shape index (κ1) is 18.3. The number of nitrogens with zero attached hydrogens (tertiary/aromatic N) is 1. The molecule has 1 N–H and O–H groups in total. The Labute approximate surface area is 140 Å². The third-order valence-electron chi connectivity index (χ3n) is 4.93. The Hall–Kier alpha value is -2.02. The number of nitro benzene ring substituents is 1. The van der Waals surface area contributed by atoms with Crippen molar-refractivity contribution in [1.82, 2.24) is 5.32 Å². The van der Waals surface area contributed by atoms with Crippen LogP contribution in [0.1, 0.15) is 48.0 Å². The van der Waals surface area contributed by atoms with Gasteiger partial charge in [-0.2, -0.15) is 0 Å². The SMILES string of the molecule is COCCC1(CNC(=O)c2c([N+](=O)[O-])ccc(F)c2C)CCCC1. The van der Waals surface area contributed by atoms with Crippen LogP contribution in [0, 0.1) is 28.3 Å². The summed E-state index contributed by atoms with van der Waals surface area (Å²) in [7, 11) is 1.64. The first-order valence-electron chi connectivity index (χ1n) is 8.11. The van der Waals surface area contributed by atoms with Gasteiger partial charge in [0.05, 0.1) is 4.92 Å². The molecule has 1 aliphatic carbocycles. The molecule has 1 fully saturated rings. The molecular formula is C17H23FN2O4. The smallest absolute Gasteiger partial charge is 0.282 e. The fourth-order valence-electron chi connectivity index (χ4n) is 3.43. The topological polar surface area (TPSA) is 81.5 Å². The van der Waals surface area contributed by atoms with Gasteiger partial charge in [0.15, 0.2) is 0 Å². The van der Waals surface area contributed by atoms with Gasteiger partial charge < -0.3 is 10.1 Å². The van der Waals surface area contributed by atoms with Crippen LogP contribution >= 0.6 is 0 Å². The average molecular weight is 338 g/mol. The molecular weight excluding hydrogens is 315 g/mol. The van der Waals surface area contributed by atoms with Gasteiger partial charge in [-0.15, -0.1) is 0 Å². The second kappa shape index (κ2) is 7.70. The van der Waals surface area contributed by atoms with Gasteiger partial charge in [-0.25, -0.2) is 4.39 Å². The molecule has 24 heavy (non-hydrogen) atoms. The number of nitro groups is 1. The summed E-state index contributed by atoms with van der Waals surface area (Å²) in [4.78, 5) is 23.0. The Morgan fingerprint density at radius 3 is 2.67 bits per heavy atom. The van der Waals surface area contributed by atoms with E-state index >= 15 is 0 Å². The molecule has 1 aliphatic rings. The quantitative estimate of drug-likeness (QED) is 0.610. The maximum absolute atomic E-state index is 13.7. The van der Waals surface area contributed by atoms with Gasteiger partial charge in [-0.05, 0) is 37.7 Å². The standard InChI is InChI=1S/C17H23FN2O4/c1-12-13(18)5-6-14(20(22)23)15(12)16(21)19-11-17(9-10-24-2)7-3-4-8-17/h5-6H,3-4,7-11H2,1-2H3,(H,19,21). The first-order valence-corrected chi connectivity index (χ1v) is 8.11. The molecule has 6 nitrogen and oxygen atoms in total. The summed E-state index contributed by atoms with van der Waals surface area (Å²) in [6.45, 7) is 2.41. The minimum atomic E-state index is -0.655. The Bertz CT molecular complexity index is 627. The minimum absolute atomic E-state index is 0.000867. The Kier molecular flexibility index (Phi) is 5.88. The molecule has 1 aromatic rings. The van der Waals surface area contributed by atoms with Crippen LogP contribution in [0.15, 0.2) is 12.1 Å². The van der Waals surface area contributed by atoms with Crippen molar-refractivity contribution in [1.29, 1.82) is 0 Å². The molecule has 0 heterocycles. The number of amides is 1. The van der Waals surface area contributed by atoms with Gasteiger partial charge in [0, 0.05) is 31.9 Å². The van der Waals surface area contributed by atoms with Crippen LogP contribution in [-0.4, -0.2) is 31.1 Å². The zero-order valence-corrected chi connectivity index (χ0v) is 14.1. The van der Waals surface area contributed by atoms with Crippen molar-refractivity contribution in [2.75, 3.05) is 20.3 Å². The predicted molar refractivity (Wildman–Crippen MR) is 87.5 cm³/mol. The first-order chi connectivity index (χ1) is 11.4. The van der Waals surface area contributed by atoms with Crippen LogP contribution in [0.5, 0.6) is 0 Å². The Balaban J connectivity index is 2.18. The van der Waals surface area contributed by atoms with E-state index < -0.39 is 16.6 Å². The number of halogens is 1. The second-order valence-corrected chi connectivity index (χ2v) is 6.46. The van der Waals surface area contributed by atoms with Gasteiger partial charge in [-0.3, -0.25) is 14.9 Å². The maximum Gasteiger partial charge on any atom is 0.282 e. The number of nitrogens with one attached hydrogen (secondary N) is 1. The molecule has 0 aliphatic heterocycles. The summed E-state index contributed by atoms with van der Waals surface area (Å²) < 4.78 is 18.9. The number of rotatable bonds is 7. The predicted octanol–water partition coefficient (Wildman–Crippen LogP) is 3.37. The fraction of sp³-hybridized carbons (Fsp3) is 0.588. The van der Waals surface area contributed by atoms with Crippen molar-refractivity contribution in [3.63, 3.8) is 0 Å². The van der Waals surface area contributed by atoms with Gasteiger partial charge >= 0.3 is 0 Å². The highest BCUT2D eigenvalue weighted by Crippen LogP contribution is 2.40. The van der Waals surface area contributed by atoms with E-state index in [1.54, 1.807) is 7.11 Å². The van der Waals surface area contributed by atoms with Crippen LogP contribution in [0.4, 0.5) is 10.1 Å². The molecule has 0 unspecified atom stereocenters. The van der Waals surface area contributed by atoms with Crippen molar-refractivity contribution in [3.8, 4) is 0 Å². The van der Waals surface area contributed by atoms with E-state index in [2.05, 4.69) is 5.32 Å². The summed E-state index contributed by atoms with van der Waals surface area (Å²) in [5.41, 5.74) is -0.607. The summed E-state index contributed by atoms with van der Waals surface area (Å²) in [5.74, 6) is -1.22. The summed E-state index contributed by atoms with van der Waals surface area (Å²) in [5, 5.41) is 13.9. The van der Waals surface area contributed by atoms with Crippen LogP contribution in [0.3, 0.4) is 0 Å². The van der Waals surface area contributed by atoms with Crippen molar-refractivity contribution in [2.24, 2.45) is 5.41 Å². The molecule has 0 radical (unpaired) electrons. The lowest BCUT2D eigenvalue weighted by molar-refractivity contribution is -0.385. The Morgan fingerprint density at radius 1 is 1.42 bits per heavy atom. The minimum Gasteiger partial charge on any atom is -0.385 e. The highest BCUT2D eigenvalue weighted by atomic mass is 19.1. The van der Waals surface area contributed by atoms with E-state index in [0.717, 1.165) is 44.2 Å². The van der Waals surface area contributed by atoms with E-state index in [-0.39, 0.29) is 22.2 Å². The molecule has 1 saturated carbocycles. The van der Waals surface area contributed by atoms with Crippen LogP contribution in [0.25, 0.3) is 0 Å². The van der Waals surface area contributed by atoms with Crippen molar-refractivity contribution in [3.05, 3.63) is 39.2 Å². The number of hydrogen-bond acceptors (Lipinski definition) is 4. The van der Waals surface area contributed by atoms with E-state index in [1.807, 2.05) is 0 Å². The lowest BCUT2D eigenvalue weighted by Crippen LogP contribution is -2.37. The normalized spacial score (nSPS) is 16.1. The van der Waals surface area contributed by atoms with Gasteiger partial charge in [-0.1, -0.05) is 12.8 Å². The number of benzene rings is 1. The summed E-state index contributed by atoms with van der Waals surface area (Å²) in [6, 6.07) is 2.05. The van der Waals surface area contributed by atoms with E-state index in [1.165, 1.54) is 6.92 Å². The largest absolute Gasteiger partial charge is 0.385 e.